The van der Waals surface area contributed by atoms with Gasteiger partial charge in [-0.3, -0.25) is 4.79 Å². The lowest BCUT2D eigenvalue weighted by molar-refractivity contribution is -0.146. The smallest absolute Gasteiger partial charge is 0.388 e. The second-order valence-corrected chi connectivity index (χ2v) is 2.76. The minimum atomic E-state index is -4.87. The molecule has 0 aliphatic heterocycles. The van der Waals surface area contributed by atoms with Gasteiger partial charge in [-0.1, -0.05) is 0 Å². The molecule has 0 saturated heterocycles. The summed E-state index contributed by atoms with van der Waals surface area (Å²) in [5.74, 6) is -1.21. The van der Waals surface area contributed by atoms with Crippen molar-refractivity contribution in [3.63, 3.8) is 0 Å². The Morgan fingerprint density at radius 3 is 2.27 bits per heavy atom. The van der Waals surface area contributed by atoms with Crippen LogP contribution in [0.3, 0.4) is 0 Å². The van der Waals surface area contributed by atoms with E-state index in [1.807, 2.05) is 0 Å². The molecule has 1 atom stereocenters. The summed E-state index contributed by atoms with van der Waals surface area (Å²) in [5.41, 5.74) is 0. The number of rotatable bonds is 4. The SMILES string of the molecule is O=C(CO)C(O)OP(=O)(O)O. The zero-order valence-electron chi connectivity index (χ0n) is 5.25. The quantitative estimate of drug-likeness (QED) is 0.295. The van der Waals surface area contributed by atoms with E-state index in [1.165, 1.54) is 0 Å². The molecule has 0 radical (unpaired) electrons. The molecule has 0 amide bonds. The lowest BCUT2D eigenvalue weighted by Gasteiger charge is -2.08. The first-order valence-electron chi connectivity index (χ1n) is 2.42. The predicted octanol–water partition coefficient (Wildman–Crippen LogP) is -2.02. The highest BCUT2D eigenvalue weighted by Gasteiger charge is 2.24. The number of phosphoric acid groups is 1. The van der Waals surface area contributed by atoms with Crippen LogP contribution < -0.4 is 0 Å². The lowest BCUT2D eigenvalue weighted by Crippen LogP contribution is -2.25. The monoisotopic (exact) mass is 186 g/mol. The van der Waals surface area contributed by atoms with E-state index in [1.54, 1.807) is 0 Å². The molecule has 11 heavy (non-hydrogen) atoms. The van der Waals surface area contributed by atoms with Crippen LogP contribution in [-0.4, -0.2) is 38.7 Å². The van der Waals surface area contributed by atoms with E-state index in [2.05, 4.69) is 4.52 Å². The van der Waals surface area contributed by atoms with E-state index in [9.17, 15) is 9.36 Å². The van der Waals surface area contributed by atoms with Gasteiger partial charge in [0.1, 0.15) is 6.61 Å². The summed E-state index contributed by atoms with van der Waals surface area (Å²) in [6, 6.07) is 0. The molecule has 4 N–H and O–H groups in total. The molecule has 66 valence electrons. The number of phosphoric ester groups is 1. The first-order valence-corrected chi connectivity index (χ1v) is 3.95. The average Bonchev–Trinajstić information content (AvgIpc) is 1.82. The number of carbonyl (C=O) groups is 1. The molecule has 0 rings (SSSR count). The van der Waals surface area contributed by atoms with E-state index < -0.39 is 26.5 Å². The van der Waals surface area contributed by atoms with Gasteiger partial charge < -0.3 is 20.0 Å². The van der Waals surface area contributed by atoms with Crippen LogP contribution in [0.25, 0.3) is 0 Å². The fraction of sp³-hybridized carbons (Fsp3) is 0.667. The molecule has 0 bridgehead atoms. The summed E-state index contributed by atoms with van der Waals surface area (Å²) >= 11 is 0. The second kappa shape index (κ2) is 3.91. The maximum Gasteiger partial charge on any atom is 0.472 e. The van der Waals surface area contributed by atoms with Crippen molar-refractivity contribution in [3.8, 4) is 0 Å². The number of aliphatic hydroxyl groups is 2. The average molecular weight is 186 g/mol. The number of ketones is 1. The Morgan fingerprint density at radius 2 is 2.00 bits per heavy atom. The summed E-state index contributed by atoms with van der Waals surface area (Å²) in [6.07, 6.45) is -2.28. The maximum absolute atomic E-state index is 10.2. The van der Waals surface area contributed by atoms with E-state index >= 15 is 0 Å². The standard InChI is InChI=1S/C3H7O7P/c4-1-2(5)3(6)10-11(7,8)9/h3-4,6H,1H2,(H2,7,8,9). The zero-order valence-corrected chi connectivity index (χ0v) is 6.14. The van der Waals surface area contributed by atoms with Crippen molar-refractivity contribution >= 4 is 13.6 Å². The lowest BCUT2D eigenvalue weighted by atomic mass is 10.4. The largest absolute Gasteiger partial charge is 0.472 e. The molecule has 0 aromatic heterocycles. The highest BCUT2D eigenvalue weighted by molar-refractivity contribution is 7.46. The van der Waals surface area contributed by atoms with Gasteiger partial charge in [-0.2, -0.15) is 0 Å². The van der Waals surface area contributed by atoms with Crippen LogP contribution >= 0.6 is 7.82 Å². The van der Waals surface area contributed by atoms with Crippen molar-refractivity contribution in [2.45, 2.75) is 6.29 Å². The van der Waals surface area contributed by atoms with E-state index in [-0.39, 0.29) is 0 Å². The number of hydrogen-bond acceptors (Lipinski definition) is 5. The first kappa shape index (κ1) is 10.7. The van der Waals surface area contributed by atoms with E-state index in [0.717, 1.165) is 0 Å². The van der Waals surface area contributed by atoms with Gasteiger partial charge in [0.25, 0.3) is 0 Å². The van der Waals surface area contributed by atoms with Crippen LogP contribution in [0.1, 0.15) is 0 Å². The van der Waals surface area contributed by atoms with Crippen LogP contribution in [-0.2, 0) is 13.9 Å². The van der Waals surface area contributed by atoms with Crippen molar-refractivity contribution in [1.29, 1.82) is 0 Å². The van der Waals surface area contributed by atoms with Crippen molar-refractivity contribution in [2.75, 3.05) is 6.61 Å². The van der Waals surface area contributed by atoms with Crippen molar-refractivity contribution in [1.82, 2.24) is 0 Å². The van der Waals surface area contributed by atoms with Crippen LogP contribution in [0.5, 0.6) is 0 Å². The molecule has 0 saturated carbocycles. The van der Waals surface area contributed by atoms with Crippen molar-refractivity contribution in [2.24, 2.45) is 0 Å². The Kier molecular flexibility index (Phi) is 3.81. The highest BCUT2D eigenvalue weighted by atomic mass is 31.2. The van der Waals surface area contributed by atoms with Crippen LogP contribution in [0.2, 0.25) is 0 Å². The van der Waals surface area contributed by atoms with Gasteiger partial charge in [-0.25, -0.2) is 9.09 Å². The number of Topliss-reactive ketones (excluding diaryl/α,β-unsaturated/α-hetero) is 1. The van der Waals surface area contributed by atoms with Gasteiger partial charge in [0.2, 0.25) is 12.1 Å². The third kappa shape index (κ3) is 5.02. The maximum atomic E-state index is 10.2. The summed E-state index contributed by atoms with van der Waals surface area (Å²) < 4.78 is 13.4. The Balaban J connectivity index is 3.98. The number of aliphatic hydroxyl groups excluding tert-OH is 2. The van der Waals surface area contributed by atoms with Gasteiger partial charge in [-0.05, 0) is 0 Å². The Labute approximate surface area is 61.5 Å². The Bertz CT molecular complexity index is 182. The van der Waals surface area contributed by atoms with Crippen LogP contribution in [0, 0.1) is 0 Å². The van der Waals surface area contributed by atoms with Crippen LogP contribution in [0.4, 0.5) is 0 Å². The predicted molar refractivity (Wildman–Crippen MR) is 31.2 cm³/mol. The third-order valence-electron chi connectivity index (χ3n) is 0.668. The Hall–Kier alpha value is -0.300. The van der Waals surface area contributed by atoms with Crippen molar-refractivity contribution < 1.29 is 33.9 Å². The van der Waals surface area contributed by atoms with Crippen molar-refractivity contribution in [3.05, 3.63) is 0 Å². The molecule has 0 spiro atoms. The fourth-order valence-electron chi connectivity index (χ4n) is 0.267. The second-order valence-electron chi connectivity index (χ2n) is 1.57. The van der Waals surface area contributed by atoms with E-state index in [0.29, 0.717) is 0 Å². The van der Waals surface area contributed by atoms with Gasteiger partial charge in [0, 0.05) is 0 Å². The summed E-state index contributed by atoms with van der Waals surface area (Å²) in [5, 5.41) is 16.5. The molecule has 1 unspecified atom stereocenters. The molecule has 8 heteroatoms. The van der Waals surface area contributed by atoms with Gasteiger partial charge in [-0.15, -0.1) is 0 Å². The molecule has 0 aliphatic carbocycles. The topological polar surface area (TPSA) is 124 Å². The number of carbonyl (C=O) groups excluding carboxylic acids is 1. The first-order chi connectivity index (χ1) is 4.87. The Morgan fingerprint density at radius 1 is 1.55 bits per heavy atom. The zero-order chi connectivity index (χ0) is 9.07. The molecular formula is C3H7O7P. The summed E-state index contributed by atoms with van der Waals surface area (Å²) in [4.78, 5) is 26.3. The molecule has 7 nitrogen and oxygen atoms in total. The summed E-state index contributed by atoms with van der Waals surface area (Å²) in [7, 11) is -4.87. The third-order valence-corrected chi connectivity index (χ3v) is 1.14. The minimum absolute atomic E-state index is 1.04. The normalized spacial score (nSPS) is 14.5. The van der Waals surface area contributed by atoms with Gasteiger partial charge in [0.15, 0.2) is 0 Å². The van der Waals surface area contributed by atoms with Gasteiger partial charge >= 0.3 is 7.82 Å². The molecule has 0 aromatic carbocycles. The van der Waals surface area contributed by atoms with Gasteiger partial charge in [0.05, 0.1) is 0 Å². The molecular weight excluding hydrogens is 179 g/mol. The van der Waals surface area contributed by atoms with E-state index in [4.69, 9.17) is 20.0 Å². The number of hydrogen-bond donors (Lipinski definition) is 4. The summed E-state index contributed by atoms with van der Waals surface area (Å²) in [6.45, 7) is -1.04. The molecule has 0 fully saturated rings. The van der Waals surface area contributed by atoms with Crippen LogP contribution in [0.15, 0.2) is 0 Å². The molecule has 0 aliphatic rings. The highest BCUT2D eigenvalue weighted by Crippen LogP contribution is 2.36. The minimum Gasteiger partial charge on any atom is -0.388 e. The molecule has 0 aromatic rings. The fourth-order valence-corrected chi connectivity index (χ4v) is 0.645. The molecule has 0 heterocycles.